The molecule has 0 aliphatic heterocycles. The highest BCUT2D eigenvalue weighted by molar-refractivity contribution is 7.14. The van der Waals surface area contributed by atoms with Crippen LogP contribution in [0.1, 0.15) is 68.9 Å². The van der Waals surface area contributed by atoms with Crippen molar-refractivity contribution in [2.24, 2.45) is 0 Å². The van der Waals surface area contributed by atoms with E-state index in [4.69, 9.17) is 4.42 Å². The van der Waals surface area contributed by atoms with Crippen LogP contribution < -0.4 is 5.32 Å². The molecule has 0 radical (unpaired) electrons. The monoisotopic (exact) mass is 375 g/mol. The second-order valence-corrected chi connectivity index (χ2v) is 7.58. The first-order valence-corrected chi connectivity index (χ1v) is 10.0. The Kier molecular flexibility index (Phi) is 5.76. The number of carbonyl (C=O) groups excluding carboxylic acids is 2. The largest absolute Gasteiger partial charge is 0.443 e. The Labute approximate surface area is 157 Å². The SMILES string of the molecule is CCN(CC)C(=O)c1nc(CNC(=O)c2cc3c(s2)CCCC3)oc1C. The average Bonchev–Trinajstić information content (AvgIpc) is 3.24. The lowest BCUT2D eigenvalue weighted by Gasteiger charge is -2.16. The Bertz CT molecular complexity index is 782. The van der Waals surface area contributed by atoms with Crippen molar-refractivity contribution in [1.82, 2.24) is 15.2 Å². The predicted octanol–water partition coefficient (Wildman–Crippen LogP) is 3.34. The molecule has 2 amide bonds. The lowest BCUT2D eigenvalue weighted by Crippen LogP contribution is -2.31. The van der Waals surface area contributed by atoms with Gasteiger partial charge in [-0.3, -0.25) is 9.59 Å². The first-order valence-electron chi connectivity index (χ1n) is 9.18. The van der Waals surface area contributed by atoms with E-state index in [1.807, 2.05) is 19.9 Å². The fourth-order valence-electron chi connectivity index (χ4n) is 3.23. The Morgan fingerprint density at radius 1 is 1.27 bits per heavy atom. The molecular weight excluding hydrogens is 350 g/mol. The second-order valence-electron chi connectivity index (χ2n) is 6.44. The standard InChI is InChI=1S/C19H25N3O3S/c1-4-22(5-2)19(24)17-12(3)25-16(21-17)11-20-18(23)15-10-13-8-6-7-9-14(13)26-15/h10H,4-9,11H2,1-3H3,(H,20,23). The predicted molar refractivity (Wildman–Crippen MR) is 101 cm³/mol. The maximum Gasteiger partial charge on any atom is 0.276 e. The molecule has 0 spiro atoms. The number of aryl methyl sites for hydroxylation is 3. The lowest BCUT2D eigenvalue weighted by atomic mass is 9.99. The average molecular weight is 375 g/mol. The zero-order chi connectivity index (χ0) is 18.7. The molecule has 0 saturated heterocycles. The molecular formula is C19H25N3O3S. The van der Waals surface area contributed by atoms with E-state index in [-0.39, 0.29) is 18.4 Å². The van der Waals surface area contributed by atoms with Crippen molar-refractivity contribution in [2.45, 2.75) is 53.0 Å². The van der Waals surface area contributed by atoms with Crippen molar-refractivity contribution in [3.8, 4) is 0 Å². The van der Waals surface area contributed by atoms with Gasteiger partial charge in [0, 0.05) is 18.0 Å². The zero-order valence-electron chi connectivity index (χ0n) is 15.6. The van der Waals surface area contributed by atoms with Gasteiger partial charge in [0.25, 0.3) is 11.8 Å². The molecule has 6 nitrogen and oxygen atoms in total. The minimum Gasteiger partial charge on any atom is -0.443 e. The Morgan fingerprint density at radius 2 is 2.00 bits per heavy atom. The van der Waals surface area contributed by atoms with E-state index in [0.29, 0.717) is 30.4 Å². The highest BCUT2D eigenvalue weighted by atomic mass is 32.1. The third-order valence-electron chi connectivity index (χ3n) is 4.71. The van der Waals surface area contributed by atoms with Gasteiger partial charge in [0.05, 0.1) is 11.4 Å². The number of fused-ring (bicyclic) bond motifs is 1. The number of hydrogen-bond acceptors (Lipinski definition) is 5. The van der Waals surface area contributed by atoms with Crippen LogP contribution in [0.2, 0.25) is 0 Å². The maximum absolute atomic E-state index is 12.4. The zero-order valence-corrected chi connectivity index (χ0v) is 16.4. The summed E-state index contributed by atoms with van der Waals surface area (Å²) in [5, 5.41) is 2.85. The molecule has 2 heterocycles. The summed E-state index contributed by atoms with van der Waals surface area (Å²) in [6.45, 7) is 7.00. The molecule has 7 heteroatoms. The summed E-state index contributed by atoms with van der Waals surface area (Å²) in [7, 11) is 0. The number of aromatic nitrogens is 1. The van der Waals surface area contributed by atoms with E-state index in [9.17, 15) is 9.59 Å². The van der Waals surface area contributed by atoms with Gasteiger partial charge in [-0.25, -0.2) is 4.98 Å². The molecule has 0 fully saturated rings. The Hall–Kier alpha value is -2.15. The van der Waals surface area contributed by atoms with Crippen molar-refractivity contribution in [2.75, 3.05) is 13.1 Å². The van der Waals surface area contributed by atoms with E-state index >= 15 is 0 Å². The number of rotatable bonds is 6. The number of carbonyl (C=O) groups is 2. The van der Waals surface area contributed by atoms with Crippen LogP contribution in [0.15, 0.2) is 10.5 Å². The van der Waals surface area contributed by atoms with Gasteiger partial charge >= 0.3 is 0 Å². The normalized spacial score (nSPS) is 13.3. The van der Waals surface area contributed by atoms with Crippen LogP contribution in [0.5, 0.6) is 0 Å². The molecule has 0 bridgehead atoms. The summed E-state index contributed by atoms with van der Waals surface area (Å²) in [6.07, 6.45) is 4.54. The summed E-state index contributed by atoms with van der Waals surface area (Å²) in [4.78, 5) is 32.9. The fourth-order valence-corrected chi connectivity index (χ4v) is 4.40. The number of amides is 2. The van der Waals surface area contributed by atoms with Crippen LogP contribution in [-0.4, -0.2) is 34.8 Å². The van der Waals surface area contributed by atoms with Crippen LogP contribution in [0.3, 0.4) is 0 Å². The molecule has 0 aromatic carbocycles. The molecule has 2 aromatic rings. The van der Waals surface area contributed by atoms with E-state index < -0.39 is 0 Å². The van der Waals surface area contributed by atoms with Gasteiger partial charge in [0.2, 0.25) is 5.89 Å². The number of nitrogens with one attached hydrogen (secondary N) is 1. The highest BCUT2D eigenvalue weighted by Gasteiger charge is 2.22. The van der Waals surface area contributed by atoms with Crippen molar-refractivity contribution < 1.29 is 14.0 Å². The Morgan fingerprint density at radius 3 is 2.69 bits per heavy atom. The number of oxazole rings is 1. The Balaban J connectivity index is 1.64. The molecule has 1 aliphatic rings. The van der Waals surface area contributed by atoms with Crippen molar-refractivity contribution in [3.05, 3.63) is 38.7 Å². The van der Waals surface area contributed by atoms with Gasteiger partial charge in [-0.1, -0.05) is 0 Å². The number of thiophene rings is 1. The number of nitrogens with zero attached hydrogens (tertiary/aromatic N) is 2. The maximum atomic E-state index is 12.4. The molecule has 140 valence electrons. The summed E-state index contributed by atoms with van der Waals surface area (Å²) >= 11 is 1.58. The van der Waals surface area contributed by atoms with Crippen LogP contribution >= 0.6 is 11.3 Å². The highest BCUT2D eigenvalue weighted by Crippen LogP contribution is 2.29. The van der Waals surface area contributed by atoms with Gasteiger partial charge < -0.3 is 14.6 Å². The summed E-state index contributed by atoms with van der Waals surface area (Å²) in [5.41, 5.74) is 1.63. The molecule has 2 aromatic heterocycles. The molecule has 0 saturated carbocycles. The van der Waals surface area contributed by atoms with E-state index in [0.717, 1.165) is 17.7 Å². The quantitative estimate of drug-likeness (QED) is 0.840. The minimum absolute atomic E-state index is 0.114. The minimum atomic E-state index is -0.139. The third-order valence-corrected chi connectivity index (χ3v) is 5.95. The lowest BCUT2D eigenvalue weighted by molar-refractivity contribution is 0.0766. The first-order chi connectivity index (χ1) is 12.5. The first kappa shape index (κ1) is 18.6. The van der Waals surface area contributed by atoms with E-state index in [1.165, 1.54) is 23.3 Å². The van der Waals surface area contributed by atoms with Gasteiger partial charge in [0.1, 0.15) is 5.76 Å². The molecule has 1 N–H and O–H groups in total. The third kappa shape index (κ3) is 3.82. The van der Waals surface area contributed by atoms with Crippen LogP contribution in [0, 0.1) is 6.92 Å². The van der Waals surface area contributed by atoms with Crippen molar-refractivity contribution in [1.29, 1.82) is 0 Å². The van der Waals surface area contributed by atoms with Crippen LogP contribution in [-0.2, 0) is 19.4 Å². The van der Waals surface area contributed by atoms with Crippen molar-refractivity contribution in [3.63, 3.8) is 0 Å². The van der Waals surface area contributed by atoms with E-state index in [2.05, 4.69) is 10.3 Å². The molecule has 1 aliphatic carbocycles. The van der Waals surface area contributed by atoms with E-state index in [1.54, 1.807) is 23.2 Å². The topological polar surface area (TPSA) is 75.4 Å². The fraction of sp³-hybridized carbons (Fsp3) is 0.526. The van der Waals surface area contributed by atoms with Gasteiger partial charge in [-0.05, 0) is 58.1 Å². The smallest absolute Gasteiger partial charge is 0.276 e. The van der Waals surface area contributed by atoms with Crippen LogP contribution in [0.25, 0.3) is 0 Å². The molecule has 0 atom stereocenters. The second kappa shape index (κ2) is 8.03. The summed E-state index contributed by atoms with van der Waals surface area (Å²) in [5.74, 6) is 0.585. The molecule has 26 heavy (non-hydrogen) atoms. The van der Waals surface area contributed by atoms with Gasteiger partial charge in [0.15, 0.2) is 5.69 Å². The van der Waals surface area contributed by atoms with Crippen LogP contribution in [0.4, 0.5) is 0 Å². The van der Waals surface area contributed by atoms with Gasteiger partial charge in [-0.2, -0.15) is 0 Å². The van der Waals surface area contributed by atoms with Crippen molar-refractivity contribution >= 4 is 23.2 Å². The summed E-state index contributed by atoms with van der Waals surface area (Å²) in [6, 6.07) is 2.00. The number of hydrogen-bond donors (Lipinski definition) is 1. The molecule has 0 unspecified atom stereocenters. The summed E-state index contributed by atoms with van der Waals surface area (Å²) < 4.78 is 5.57. The molecule has 3 rings (SSSR count). The van der Waals surface area contributed by atoms with Gasteiger partial charge in [-0.15, -0.1) is 11.3 Å².